The zero-order valence-electron chi connectivity index (χ0n) is 21.1. The van der Waals surface area contributed by atoms with Crippen LogP contribution in [0.15, 0.2) is 0 Å². The zero-order chi connectivity index (χ0) is 21.5. The van der Waals surface area contributed by atoms with Gasteiger partial charge in [-0.25, -0.2) is 0 Å². The predicted molar refractivity (Wildman–Crippen MR) is 138 cm³/mol. The molecular formula is C27H58NS+. The van der Waals surface area contributed by atoms with Crippen LogP contribution >= 0.6 is 11.8 Å². The van der Waals surface area contributed by atoms with E-state index in [9.17, 15) is 0 Å². The molecule has 0 atom stereocenters. The first kappa shape index (κ1) is 29.3. The van der Waals surface area contributed by atoms with Crippen molar-refractivity contribution in [1.29, 1.82) is 0 Å². The van der Waals surface area contributed by atoms with Crippen LogP contribution in [0.2, 0.25) is 0 Å². The highest BCUT2D eigenvalue weighted by Gasteiger charge is 2.13. The smallest absolute Gasteiger partial charge is 0.125 e. The highest BCUT2D eigenvalue weighted by Crippen LogP contribution is 2.16. The van der Waals surface area contributed by atoms with Crippen LogP contribution in [0.1, 0.15) is 142 Å². The van der Waals surface area contributed by atoms with Gasteiger partial charge in [-0.3, -0.25) is 0 Å². The van der Waals surface area contributed by atoms with Gasteiger partial charge in [0.1, 0.15) is 5.88 Å². The summed E-state index contributed by atoms with van der Waals surface area (Å²) in [7, 11) is 4.86. The van der Waals surface area contributed by atoms with Crippen molar-refractivity contribution in [3.8, 4) is 0 Å². The average molecular weight is 429 g/mol. The molecular weight excluding hydrogens is 370 g/mol. The van der Waals surface area contributed by atoms with Gasteiger partial charge in [0.05, 0.1) is 20.6 Å². The molecule has 0 N–H and O–H groups in total. The second-order valence-corrected chi connectivity index (χ2v) is 11.1. The molecule has 0 amide bonds. The van der Waals surface area contributed by atoms with Crippen LogP contribution in [0, 0.1) is 0 Å². The maximum atomic E-state index is 2.43. The van der Waals surface area contributed by atoms with E-state index in [1.165, 1.54) is 151 Å². The third-order valence-corrected chi connectivity index (χ3v) is 7.66. The molecule has 0 rings (SSSR count). The van der Waals surface area contributed by atoms with Crippen LogP contribution in [0.3, 0.4) is 0 Å². The summed E-state index contributed by atoms with van der Waals surface area (Å²) in [5.41, 5.74) is 0. The Morgan fingerprint density at radius 1 is 0.448 bits per heavy atom. The van der Waals surface area contributed by atoms with Gasteiger partial charge < -0.3 is 4.48 Å². The van der Waals surface area contributed by atoms with Gasteiger partial charge in [0.25, 0.3) is 0 Å². The van der Waals surface area contributed by atoms with Crippen molar-refractivity contribution in [2.75, 3.05) is 32.3 Å². The lowest BCUT2D eigenvalue weighted by atomic mass is 10.1. The molecule has 176 valence electrons. The monoisotopic (exact) mass is 428 g/mol. The molecule has 0 aliphatic heterocycles. The van der Waals surface area contributed by atoms with E-state index in [4.69, 9.17) is 0 Å². The lowest BCUT2D eigenvalue weighted by molar-refractivity contribution is -0.877. The average Bonchev–Trinajstić information content (AvgIpc) is 2.70. The molecule has 0 bridgehead atoms. The fourth-order valence-corrected chi connectivity index (χ4v) is 5.26. The van der Waals surface area contributed by atoms with Gasteiger partial charge >= 0.3 is 0 Å². The molecule has 29 heavy (non-hydrogen) atoms. The van der Waals surface area contributed by atoms with Crippen molar-refractivity contribution in [2.45, 2.75) is 142 Å². The Labute approximate surface area is 190 Å². The Kier molecular flexibility index (Phi) is 23.2. The lowest BCUT2D eigenvalue weighted by Crippen LogP contribution is -2.40. The van der Waals surface area contributed by atoms with Crippen LogP contribution in [0.25, 0.3) is 0 Å². The third kappa shape index (κ3) is 24.5. The van der Waals surface area contributed by atoms with Gasteiger partial charge in [-0.1, -0.05) is 123 Å². The van der Waals surface area contributed by atoms with Gasteiger partial charge in [-0.05, 0) is 25.0 Å². The van der Waals surface area contributed by atoms with E-state index >= 15 is 0 Å². The van der Waals surface area contributed by atoms with Gasteiger partial charge in [0.2, 0.25) is 0 Å². The van der Waals surface area contributed by atoms with E-state index in [1.54, 1.807) is 0 Å². The van der Waals surface area contributed by atoms with Crippen LogP contribution in [0.4, 0.5) is 0 Å². The maximum Gasteiger partial charge on any atom is 0.125 e. The molecule has 0 aromatic rings. The zero-order valence-corrected chi connectivity index (χ0v) is 21.9. The maximum absolute atomic E-state index is 2.43. The number of quaternary nitrogens is 1. The normalized spacial score (nSPS) is 12.0. The highest BCUT2D eigenvalue weighted by molar-refractivity contribution is 7.99. The summed E-state index contributed by atoms with van der Waals surface area (Å²) in [6.45, 7) is 5.97. The first-order valence-electron chi connectivity index (χ1n) is 13.5. The van der Waals surface area contributed by atoms with Gasteiger partial charge in [0.15, 0.2) is 0 Å². The molecule has 0 spiro atoms. The molecule has 1 nitrogen and oxygen atoms in total. The number of nitrogens with zero attached hydrogens (tertiary/aromatic N) is 1. The number of hydrogen-bond acceptors (Lipinski definition) is 1. The molecule has 0 saturated carbocycles. The number of unbranched alkanes of at least 4 members (excludes halogenated alkanes) is 18. The van der Waals surface area contributed by atoms with Crippen molar-refractivity contribution >= 4 is 11.8 Å². The summed E-state index contributed by atoms with van der Waals surface area (Å²) in [5, 5.41) is 0. The summed E-state index contributed by atoms with van der Waals surface area (Å²) >= 11 is 2.19. The summed E-state index contributed by atoms with van der Waals surface area (Å²) in [5.74, 6) is 2.67. The summed E-state index contributed by atoms with van der Waals surface area (Å²) in [6.07, 6.45) is 28.9. The summed E-state index contributed by atoms with van der Waals surface area (Å²) in [6, 6.07) is 0. The highest BCUT2D eigenvalue weighted by atomic mass is 32.2. The Hall–Kier alpha value is 0.310. The minimum absolute atomic E-state index is 1.21. The first-order valence-corrected chi connectivity index (χ1v) is 14.7. The van der Waals surface area contributed by atoms with Gasteiger partial charge in [-0.15, -0.1) is 11.8 Å². The lowest BCUT2D eigenvalue weighted by Gasteiger charge is -2.29. The molecule has 0 unspecified atom stereocenters. The van der Waals surface area contributed by atoms with E-state index in [-0.39, 0.29) is 0 Å². The molecule has 0 fully saturated rings. The predicted octanol–water partition coefficient (Wildman–Crippen LogP) is 9.60. The fourth-order valence-electron chi connectivity index (χ4n) is 4.10. The molecule has 0 heterocycles. The Morgan fingerprint density at radius 3 is 1.21 bits per heavy atom. The Morgan fingerprint density at radius 2 is 0.793 bits per heavy atom. The van der Waals surface area contributed by atoms with Crippen LogP contribution < -0.4 is 0 Å². The van der Waals surface area contributed by atoms with Crippen LogP contribution in [0.5, 0.6) is 0 Å². The molecule has 0 radical (unpaired) electrons. The first-order chi connectivity index (χ1) is 14.1. The minimum atomic E-state index is 1.21. The van der Waals surface area contributed by atoms with Crippen molar-refractivity contribution in [3.05, 3.63) is 0 Å². The number of thioether (sulfide) groups is 1. The summed E-state index contributed by atoms with van der Waals surface area (Å²) in [4.78, 5) is 0. The second kappa shape index (κ2) is 23.0. The van der Waals surface area contributed by atoms with Crippen molar-refractivity contribution in [2.24, 2.45) is 0 Å². The molecule has 0 saturated heterocycles. The quantitative estimate of drug-likeness (QED) is 0.0837. The van der Waals surface area contributed by atoms with Crippen molar-refractivity contribution in [1.82, 2.24) is 0 Å². The fraction of sp³-hybridized carbons (Fsp3) is 1.00. The Balaban J connectivity index is 3.30. The van der Waals surface area contributed by atoms with E-state index < -0.39 is 0 Å². The van der Waals surface area contributed by atoms with Gasteiger partial charge in [0, 0.05) is 0 Å². The molecule has 0 aliphatic carbocycles. The largest absolute Gasteiger partial charge is 0.320 e. The number of hydrogen-bond donors (Lipinski definition) is 0. The van der Waals surface area contributed by atoms with E-state index in [1.807, 2.05) is 0 Å². The van der Waals surface area contributed by atoms with Crippen molar-refractivity contribution in [3.63, 3.8) is 0 Å². The van der Waals surface area contributed by atoms with Crippen LogP contribution in [-0.4, -0.2) is 36.8 Å². The van der Waals surface area contributed by atoms with Crippen molar-refractivity contribution < 1.29 is 4.48 Å². The SMILES string of the molecule is CCCCCCCCCCCCSC[N+](C)(C)CCCCCCCCCCCC. The molecule has 0 aromatic carbocycles. The van der Waals surface area contributed by atoms with E-state index in [2.05, 4.69) is 39.7 Å². The number of rotatable bonds is 24. The van der Waals surface area contributed by atoms with Gasteiger partial charge in [-0.2, -0.15) is 0 Å². The topological polar surface area (TPSA) is 0 Å². The van der Waals surface area contributed by atoms with E-state index in [0.29, 0.717) is 0 Å². The molecule has 0 aliphatic rings. The minimum Gasteiger partial charge on any atom is -0.320 e. The molecule has 2 heteroatoms. The molecule has 0 aromatic heterocycles. The standard InChI is InChI=1S/C27H58NS/c1-5-7-9-11-13-15-17-19-21-23-25-28(3,4)27-29-26-24-22-20-18-16-14-12-10-8-6-2/h5-27H2,1-4H3/q+1. The summed E-state index contributed by atoms with van der Waals surface area (Å²) < 4.78 is 1.21. The second-order valence-electron chi connectivity index (χ2n) is 10.1. The third-order valence-electron chi connectivity index (χ3n) is 6.20. The van der Waals surface area contributed by atoms with E-state index in [0.717, 1.165) is 0 Å². The Bertz CT molecular complexity index is 303. The van der Waals surface area contributed by atoms with Crippen LogP contribution in [-0.2, 0) is 0 Å².